The molecular weight excluding hydrogens is 650 g/mol. The molecule has 1 N–H and O–H groups in total. The molecule has 0 rings (SSSR count). The van der Waals surface area contributed by atoms with E-state index in [0.717, 1.165) is 96.4 Å². The molecule has 0 heterocycles. The van der Waals surface area contributed by atoms with Gasteiger partial charge in [-0.3, -0.25) is 14.4 Å². The van der Waals surface area contributed by atoms with E-state index in [9.17, 15) is 14.4 Å². The molecule has 1 unspecified atom stereocenters. The lowest BCUT2D eigenvalue weighted by Gasteiger charge is -2.31. The van der Waals surface area contributed by atoms with Gasteiger partial charge in [-0.15, -0.1) is 0 Å². The molecule has 0 fully saturated rings. The summed E-state index contributed by atoms with van der Waals surface area (Å²) in [6, 6.07) is 0. The summed E-state index contributed by atoms with van der Waals surface area (Å²) in [5.74, 6) is 0.308. The Balaban J connectivity index is 4.38. The predicted molar refractivity (Wildman–Crippen MR) is 218 cm³/mol. The van der Waals surface area contributed by atoms with Gasteiger partial charge in [0.05, 0.1) is 6.61 Å². The smallest absolute Gasteiger partial charge is 0.306 e. The molecule has 0 aliphatic heterocycles. The Labute approximate surface area is 321 Å². The predicted octanol–water partition coefficient (Wildman–Crippen LogP) is 12.0. The number of carbonyl (C=O) groups is 3. The van der Waals surface area contributed by atoms with Gasteiger partial charge in [0.1, 0.15) is 13.2 Å². The van der Waals surface area contributed by atoms with Crippen molar-refractivity contribution in [2.24, 2.45) is 17.3 Å². The summed E-state index contributed by atoms with van der Waals surface area (Å²) in [7, 11) is 1.95. The number of esters is 3. The Morgan fingerprint density at radius 1 is 0.577 bits per heavy atom. The first-order chi connectivity index (χ1) is 25.2. The van der Waals surface area contributed by atoms with Crippen LogP contribution in [0.4, 0.5) is 0 Å². The highest BCUT2D eigenvalue weighted by atomic mass is 16.5. The van der Waals surface area contributed by atoms with Crippen molar-refractivity contribution in [1.82, 2.24) is 5.32 Å². The molecule has 0 bridgehead atoms. The highest BCUT2D eigenvalue weighted by molar-refractivity contribution is 5.70. The van der Waals surface area contributed by atoms with Gasteiger partial charge >= 0.3 is 17.9 Å². The van der Waals surface area contributed by atoms with Gasteiger partial charge in [0.2, 0.25) is 0 Å². The Kier molecular flexibility index (Phi) is 34.4. The normalized spacial score (nSPS) is 12.6. The van der Waals surface area contributed by atoms with Gasteiger partial charge in [-0.05, 0) is 75.7 Å². The lowest BCUT2D eigenvalue weighted by atomic mass is 9.78. The molecule has 52 heavy (non-hydrogen) atoms. The summed E-state index contributed by atoms with van der Waals surface area (Å²) in [5, 5.41) is 3.24. The number of hydrogen-bond acceptors (Lipinski definition) is 7. The second-order valence-electron chi connectivity index (χ2n) is 15.8. The zero-order valence-electron chi connectivity index (χ0n) is 34.9. The third kappa shape index (κ3) is 32.5. The van der Waals surface area contributed by atoms with Crippen LogP contribution in [0.3, 0.4) is 0 Å². The fourth-order valence-electron chi connectivity index (χ4n) is 6.38. The molecule has 0 saturated carbocycles. The first-order valence-corrected chi connectivity index (χ1v) is 21.6. The number of ether oxygens (including phenoxy) is 3. The molecule has 304 valence electrons. The standard InChI is InChI=1S/C45H83NO6/c1-7-9-11-13-15-23-29-35-50-42(47)33-27-21-17-19-25-31-41(38-52-44(49)37-40(3)45(4,5)39-46-6)32-26-20-18-22-28-34-43(48)51-36-30-24-16-14-12-10-8-2/h23-24,29-30,40-41,46H,7-22,25-28,31-39H2,1-6H3/b29-23-,30-24-. The minimum absolute atomic E-state index is 0.0237. The summed E-state index contributed by atoms with van der Waals surface area (Å²) in [5.41, 5.74) is 0.0237. The van der Waals surface area contributed by atoms with E-state index in [1.807, 2.05) is 19.2 Å². The molecule has 0 spiro atoms. The minimum atomic E-state index is -0.0997. The van der Waals surface area contributed by atoms with Crippen molar-refractivity contribution in [3.05, 3.63) is 24.3 Å². The van der Waals surface area contributed by atoms with E-state index >= 15 is 0 Å². The van der Waals surface area contributed by atoms with E-state index in [1.165, 1.54) is 51.4 Å². The zero-order chi connectivity index (χ0) is 38.5. The second-order valence-corrected chi connectivity index (χ2v) is 15.8. The Hall–Kier alpha value is -2.15. The maximum Gasteiger partial charge on any atom is 0.306 e. The molecule has 0 aromatic rings. The number of hydrogen-bond donors (Lipinski definition) is 1. The van der Waals surface area contributed by atoms with Gasteiger partial charge < -0.3 is 19.5 Å². The fourth-order valence-corrected chi connectivity index (χ4v) is 6.38. The average molecular weight is 734 g/mol. The molecular formula is C45H83NO6. The van der Waals surface area contributed by atoms with Crippen LogP contribution in [-0.2, 0) is 28.6 Å². The zero-order valence-corrected chi connectivity index (χ0v) is 34.9. The molecule has 0 saturated heterocycles. The molecule has 1 atom stereocenters. The van der Waals surface area contributed by atoms with Gasteiger partial charge in [-0.25, -0.2) is 0 Å². The fraction of sp³-hybridized carbons (Fsp3) is 0.844. The summed E-state index contributed by atoms with van der Waals surface area (Å²) in [4.78, 5) is 36.9. The van der Waals surface area contributed by atoms with Crippen LogP contribution in [0.2, 0.25) is 0 Å². The van der Waals surface area contributed by atoms with Crippen molar-refractivity contribution < 1.29 is 28.6 Å². The Morgan fingerprint density at radius 2 is 1.02 bits per heavy atom. The third-order valence-corrected chi connectivity index (χ3v) is 10.4. The highest BCUT2D eigenvalue weighted by Gasteiger charge is 2.27. The van der Waals surface area contributed by atoms with Gasteiger partial charge in [0.25, 0.3) is 0 Å². The van der Waals surface area contributed by atoms with Crippen molar-refractivity contribution in [2.75, 3.05) is 33.4 Å². The lowest BCUT2D eigenvalue weighted by molar-refractivity contribution is -0.147. The maximum absolute atomic E-state index is 12.8. The van der Waals surface area contributed by atoms with Crippen LogP contribution >= 0.6 is 0 Å². The van der Waals surface area contributed by atoms with Gasteiger partial charge in [-0.1, -0.05) is 149 Å². The van der Waals surface area contributed by atoms with Crippen molar-refractivity contribution >= 4 is 17.9 Å². The first kappa shape index (κ1) is 49.9. The average Bonchev–Trinajstić information content (AvgIpc) is 3.11. The van der Waals surface area contributed by atoms with Crippen LogP contribution in [-0.4, -0.2) is 51.3 Å². The topological polar surface area (TPSA) is 90.9 Å². The van der Waals surface area contributed by atoms with Gasteiger partial charge in [-0.2, -0.15) is 0 Å². The van der Waals surface area contributed by atoms with Crippen LogP contribution in [0, 0.1) is 17.3 Å². The van der Waals surface area contributed by atoms with Crippen LogP contribution in [0.15, 0.2) is 24.3 Å². The highest BCUT2D eigenvalue weighted by Crippen LogP contribution is 2.29. The molecule has 0 amide bonds. The van der Waals surface area contributed by atoms with Crippen LogP contribution in [0.25, 0.3) is 0 Å². The number of carbonyl (C=O) groups excluding carboxylic acids is 3. The van der Waals surface area contributed by atoms with E-state index < -0.39 is 0 Å². The van der Waals surface area contributed by atoms with E-state index in [-0.39, 0.29) is 29.2 Å². The Morgan fingerprint density at radius 3 is 1.48 bits per heavy atom. The van der Waals surface area contributed by atoms with E-state index in [2.05, 4.69) is 52.1 Å². The van der Waals surface area contributed by atoms with Gasteiger partial charge in [0, 0.05) is 25.8 Å². The van der Waals surface area contributed by atoms with Crippen LogP contribution in [0.5, 0.6) is 0 Å². The van der Waals surface area contributed by atoms with Crippen LogP contribution < -0.4 is 5.32 Å². The molecule has 7 heteroatoms. The third-order valence-electron chi connectivity index (χ3n) is 10.4. The summed E-state index contributed by atoms with van der Waals surface area (Å²) >= 11 is 0. The summed E-state index contributed by atoms with van der Waals surface area (Å²) in [6.07, 6.45) is 34.4. The summed E-state index contributed by atoms with van der Waals surface area (Å²) < 4.78 is 16.6. The monoisotopic (exact) mass is 734 g/mol. The maximum atomic E-state index is 12.8. The van der Waals surface area contributed by atoms with Crippen molar-refractivity contribution in [2.45, 2.75) is 195 Å². The SMILES string of the molecule is CCCCCC/C=C\COC(=O)CCCCCCCC(CCCCCCCC(=O)OC/C=C\CCCCCC)COC(=O)CC(C)C(C)(C)CNC. The molecule has 0 aromatic heterocycles. The molecule has 0 radical (unpaired) electrons. The van der Waals surface area contributed by atoms with Gasteiger partial charge in [0.15, 0.2) is 0 Å². The number of nitrogens with one attached hydrogen (secondary N) is 1. The first-order valence-electron chi connectivity index (χ1n) is 21.6. The number of allylic oxidation sites excluding steroid dienone is 2. The van der Waals surface area contributed by atoms with E-state index in [4.69, 9.17) is 14.2 Å². The minimum Gasteiger partial charge on any atom is -0.465 e. The molecule has 0 aliphatic carbocycles. The summed E-state index contributed by atoms with van der Waals surface area (Å²) in [6.45, 7) is 13.1. The largest absolute Gasteiger partial charge is 0.465 e. The molecule has 0 aromatic carbocycles. The van der Waals surface area contributed by atoms with E-state index in [1.54, 1.807) is 0 Å². The number of rotatable bonds is 37. The Bertz CT molecular complexity index is 861. The van der Waals surface area contributed by atoms with Crippen molar-refractivity contribution in [1.29, 1.82) is 0 Å². The molecule has 0 aliphatic rings. The quantitative estimate of drug-likeness (QED) is 0.0294. The second kappa shape index (κ2) is 35.9. The van der Waals surface area contributed by atoms with E-state index in [0.29, 0.717) is 45.0 Å². The molecule has 7 nitrogen and oxygen atoms in total. The van der Waals surface area contributed by atoms with Crippen LogP contribution in [0.1, 0.15) is 195 Å². The van der Waals surface area contributed by atoms with Crippen molar-refractivity contribution in [3.63, 3.8) is 0 Å². The van der Waals surface area contributed by atoms with Crippen molar-refractivity contribution in [3.8, 4) is 0 Å². The lowest BCUT2D eigenvalue weighted by Crippen LogP contribution is -2.34. The number of unbranched alkanes of at least 4 members (excludes halogenated alkanes) is 16.